The number of ether oxygens (including phenoxy) is 3. The molecule has 1 aliphatic rings. The summed E-state index contributed by atoms with van der Waals surface area (Å²) in [4.78, 5) is 4.96. The van der Waals surface area contributed by atoms with E-state index in [-0.39, 0.29) is 0 Å². The highest BCUT2D eigenvalue weighted by Crippen LogP contribution is 2.33. The van der Waals surface area contributed by atoms with Crippen LogP contribution >= 0.6 is 0 Å². The third-order valence-corrected chi connectivity index (χ3v) is 6.19. The summed E-state index contributed by atoms with van der Waals surface area (Å²) in [6.07, 6.45) is 3.09. The number of piperazine rings is 1. The first-order valence-corrected chi connectivity index (χ1v) is 11.5. The zero-order valence-corrected chi connectivity index (χ0v) is 19.8. The van der Waals surface area contributed by atoms with E-state index in [4.69, 9.17) is 18.7 Å². The first-order valence-electron chi connectivity index (χ1n) is 11.5. The maximum atomic E-state index is 5.58. The van der Waals surface area contributed by atoms with E-state index in [1.165, 1.54) is 5.69 Å². The summed E-state index contributed by atoms with van der Waals surface area (Å²) in [6, 6.07) is 16.0. The second kappa shape index (κ2) is 11.1. The van der Waals surface area contributed by atoms with E-state index in [0.717, 1.165) is 86.3 Å². The van der Waals surface area contributed by atoms with Gasteiger partial charge in [0.05, 0.1) is 27.0 Å². The van der Waals surface area contributed by atoms with E-state index in [1.807, 2.05) is 36.4 Å². The Morgan fingerprint density at radius 3 is 2.39 bits per heavy atom. The lowest BCUT2D eigenvalue weighted by atomic mass is 10.1. The molecule has 0 amide bonds. The molecule has 0 aliphatic carbocycles. The molecule has 0 unspecified atom stereocenters. The molecule has 0 saturated carbocycles. The van der Waals surface area contributed by atoms with Crippen molar-refractivity contribution in [3.63, 3.8) is 0 Å². The second-order valence-corrected chi connectivity index (χ2v) is 8.20. The van der Waals surface area contributed by atoms with E-state index >= 15 is 0 Å². The second-order valence-electron chi connectivity index (χ2n) is 8.20. The number of hydrogen-bond donors (Lipinski definition) is 0. The number of rotatable bonds is 10. The van der Waals surface area contributed by atoms with Crippen molar-refractivity contribution in [3.8, 4) is 28.5 Å². The molecule has 3 aromatic rings. The van der Waals surface area contributed by atoms with Crippen molar-refractivity contribution in [3.05, 3.63) is 54.3 Å². The molecule has 1 aliphatic heterocycles. The molecule has 1 saturated heterocycles. The molecule has 7 nitrogen and oxygen atoms in total. The van der Waals surface area contributed by atoms with Gasteiger partial charge in [-0.1, -0.05) is 17.3 Å². The molecular weight excluding hydrogens is 418 g/mol. The van der Waals surface area contributed by atoms with Gasteiger partial charge in [0, 0.05) is 50.3 Å². The van der Waals surface area contributed by atoms with E-state index in [2.05, 4.69) is 27.1 Å². The summed E-state index contributed by atoms with van der Waals surface area (Å²) in [5, 5.41) is 4.25. The van der Waals surface area contributed by atoms with Gasteiger partial charge in [-0.2, -0.15) is 0 Å². The average Bonchev–Trinajstić information content (AvgIpc) is 3.35. The van der Waals surface area contributed by atoms with Crippen LogP contribution in [0.5, 0.6) is 17.2 Å². The monoisotopic (exact) mass is 451 g/mol. The zero-order valence-electron chi connectivity index (χ0n) is 19.8. The van der Waals surface area contributed by atoms with E-state index in [1.54, 1.807) is 21.3 Å². The van der Waals surface area contributed by atoms with Crippen molar-refractivity contribution in [1.82, 2.24) is 10.1 Å². The summed E-state index contributed by atoms with van der Waals surface area (Å²) in [6.45, 7) is 5.29. The van der Waals surface area contributed by atoms with Crippen LogP contribution in [0, 0.1) is 0 Å². The Bertz CT molecular complexity index is 1030. The van der Waals surface area contributed by atoms with Crippen molar-refractivity contribution in [2.24, 2.45) is 0 Å². The zero-order chi connectivity index (χ0) is 23.0. The van der Waals surface area contributed by atoms with Gasteiger partial charge in [-0.15, -0.1) is 0 Å². The van der Waals surface area contributed by atoms with Gasteiger partial charge in [-0.3, -0.25) is 4.90 Å². The van der Waals surface area contributed by atoms with E-state index in [0.29, 0.717) is 0 Å². The number of hydrogen-bond acceptors (Lipinski definition) is 7. The maximum Gasteiger partial charge on any atom is 0.142 e. The van der Waals surface area contributed by atoms with Crippen molar-refractivity contribution < 1.29 is 18.7 Å². The van der Waals surface area contributed by atoms with Gasteiger partial charge in [-0.25, -0.2) is 0 Å². The van der Waals surface area contributed by atoms with Crippen LogP contribution in [0.15, 0.2) is 53.1 Å². The van der Waals surface area contributed by atoms with Gasteiger partial charge in [0.1, 0.15) is 28.7 Å². The third kappa shape index (κ3) is 5.60. The van der Waals surface area contributed by atoms with Crippen molar-refractivity contribution >= 4 is 5.69 Å². The van der Waals surface area contributed by atoms with Crippen molar-refractivity contribution in [1.29, 1.82) is 0 Å². The number of methoxy groups -OCH3 is 3. The van der Waals surface area contributed by atoms with Crippen molar-refractivity contribution in [2.45, 2.75) is 19.3 Å². The molecule has 176 valence electrons. The Morgan fingerprint density at radius 2 is 1.64 bits per heavy atom. The number of anilines is 1. The minimum atomic E-state index is 0.724. The lowest BCUT2D eigenvalue weighted by Gasteiger charge is -2.36. The maximum absolute atomic E-state index is 5.58. The quantitative estimate of drug-likeness (QED) is 0.420. The van der Waals surface area contributed by atoms with Gasteiger partial charge >= 0.3 is 0 Å². The highest BCUT2D eigenvalue weighted by molar-refractivity contribution is 5.68. The first-order chi connectivity index (χ1) is 16.2. The Hall–Kier alpha value is -3.19. The lowest BCUT2D eigenvalue weighted by Crippen LogP contribution is -2.46. The molecular formula is C26H33N3O4. The van der Waals surface area contributed by atoms with Gasteiger partial charge in [0.25, 0.3) is 0 Å². The van der Waals surface area contributed by atoms with Crippen LogP contribution in [0.1, 0.15) is 18.6 Å². The van der Waals surface area contributed by atoms with Crippen LogP contribution < -0.4 is 19.1 Å². The Balaban J connectivity index is 1.22. The molecule has 1 fully saturated rings. The summed E-state index contributed by atoms with van der Waals surface area (Å²) in [5.74, 6) is 3.33. The fraction of sp³-hybridized carbons (Fsp3) is 0.423. The lowest BCUT2D eigenvalue weighted by molar-refractivity contribution is 0.251. The molecule has 0 bridgehead atoms. The molecule has 0 radical (unpaired) electrons. The minimum Gasteiger partial charge on any atom is -0.497 e. The Labute approximate surface area is 195 Å². The first kappa shape index (κ1) is 23.0. The highest BCUT2D eigenvalue weighted by Gasteiger charge is 2.19. The normalized spacial score (nSPS) is 14.3. The molecule has 0 spiro atoms. The standard InChI is InChI=1S/C26H33N3O4/c1-30-20-11-12-22(26(19-20)32-3)23-18-21(33-27-23)8-6-7-13-28-14-16-29(17-15-28)24-9-4-5-10-25(24)31-2/h4-5,9-12,18-19H,6-8,13-17H2,1-3H3. The van der Waals surface area contributed by atoms with Gasteiger partial charge in [0.2, 0.25) is 0 Å². The predicted octanol–water partition coefficient (Wildman–Crippen LogP) is 4.51. The van der Waals surface area contributed by atoms with Crippen LogP contribution in [-0.2, 0) is 6.42 Å². The number of aryl methyl sites for hydroxylation is 1. The molecule has 0 atom stereocenters. The van der Waals surface area contributed by atoms with Crippen LogP contribution in [0.3, 0.4) is 0 Å². The third-order valence-electron chi connectivity index (χ3n) is 6.19. The minimum absolute atomic E-state index is 0.724. The molecule has 2 heterocycles. The fourth-order valence-electron chi connectivity index (χ4n) is 4.31. The number of para-hydroxylation sites is 2. The highest BCUT2D eigenvalue weighted by atomic mass is 16.5. The summed E-state index contributed by atoms with van der Waals surface area (Å²) in [7, 11) is 5.03. The summed E-state index contributed by atoms with van der Waals surface area (Å²) in [5.41, 5.74) is 2.88. The fourth-order valence-corrected chi connectivity index (χ4v) is 4.31. The summed E-state index contributed by atoms with van der Waals surface area (Å²) < 4.78 is 21.9. The molecule has 1 aromatic heterocycles. The summed E-state index contributed by atoms with van der Waals surface area (Å²) >= 11 is 0. The van der Waals surface area contributed by atoms with Crippen LogP contribution in [0.25, 0.3) is 11.3 Å². The average molecular weight is 452 g/mol. The number of aromatic nitrogens is 1. The number of benzene rings is 2. The van der Waals surface area contributed by atoms with Crippen molar-refractivity contribution in [2.75, 3.05) is 59.0 Å². The van der Waals surface area contributed by atoms with E-state index < -0.39 is 0 Å². The molecule has 2 aromatic carbocycles. The van der Waals surface area contributed by atoms with Gasteiger partial charge in [0.15, 0.2) is 0 Å². The Morgan fingerprint density at radius 1 is 0.848 bits per heavy atom. The number of unbranched alkanes of at least 4 members (excludes halogenated alkanes) is 1. The number of nitrogens with zero attached hydrogens (tertiary/aromatic N) is 3. The van der Waals surface area contributed by atoms with Gasteiger partial charge < -0.3 is 23.6 Å². The topological polar surface area (TPSA) is 60.2 Å². The molecule has 33 heavy (non-hydrogen) atoms. The smallest absolute Gasteiger partial charge is 0.142 e. The van der Waals surface area contributed by atoms with E-state index in [9.17, 15) is 0 Å². The SMILES string of the molecule is COc1ccc(-c2cc(CCCCN3CCN(c4ccccc4OC)CC3)on2)c(OC)c1. The molecule has 0 N–H and O–H groups in total. The van der Waals surface area contributed by atoms with Crippen LogP contribution in [0.2, 0.25) is 0 Å². The largest absolute Gasteiger partial charge is 0.497 e. The van der Waals surface area contributed by atoms with Gasteiger partial charge in [-0.05, 0) is 43.7 Å². The van der Waals surface area contributed by atoms with Crippen LogP contribution in [-0.4, -0.2) is 64.1 Å². The molecule has 4 rings (SSSR count). The predicted molar refractivity (Wildman–Crippen MR) is 130 cm³/mol. The Kier molecular flexibility index (Phi) is 7.73. The molecule has 7 heteroatoms. The van der Waals surface area contributed by atoms with Crippen LogP contribution in [0.4, 0.5) is 5.69 Å².